The van der Waals surface area contributed by atoms with Crippen LogP contribution in [0.1, 0.15) is 12.5 Å². The van der Waals surface area contributed by atoms with Crippen molar-refractivity contribution < 1.29 is 14.3 Å². The van der Waals surface area contributed by atoms with Crippen LogP contribution in [0.5, 0.6) is 11.5 Å². The highest BCUT2D eigenvalue weighted by atomic mass is 35.5. The number of carbonyl (C=O) groups is 1. The zero-order chi connectivity index (χ0) is 16.7. The molecule has 5 heteroatoms. The zero-order valence-electron chi connectivity index (χ0n) is 13.2. The van der Waals surface area contributed by atoms with Crippen molar-refractivity contribution in [2.45, 2.75) is 19.4 Å². The number of halogens is 1. The summed E-state index contributed by atoms with van der Waals surface area (Å²) in [7, 11) is 1.64. The summed E-state index contributed by atoms with van der Waals surface area (Å²) in [6, 6.07) is 14.7. The summed E-state index contributed by atoms with van der Waals surface area (Å²) in [6.45, 7) is 2.24. The molecule has 0 saturated carbocycles. The monoisotopic (exact) mass is 333 g/mol. The number of rotatable bonds is 7. The molecule has 0 aliphatic heterocycles. The molecule has 0 radical (unpaired) electrons. The van der Waals surface area contributed by atoms with Crippen LogP contribution in [0.2, 0.25) is 5.02 Å². The third-order valence-corrected chi connectivity index (χ3v) is 3.63. The molecule has 1 unspecified atom stereocenters. The van der Waals surface area contributed by atoms with Gasteiger partial charge in [0, 0.05) is 11.6 Å². The average molecular weight is 334 g/mol. The summed E-state index contributed by atoms with van der Waals surface area (Å²) in [6.07, 6.45) is 0.123. The van der Waals surface area contributed by atoms with Crippen LogP contribution in [0, 0.1) is 0 Å². The van der Waals surface area contributed by atoms with Gasteiger partial charge in [0.2, 0.25) is 0 Å². The quantitative estimate of drug-likeness (QED) is 0.844. The Bertz CT molecular complexity index is 643. The lowest BCUT2D eigenvalue weighted by atomic mass is 10.1. The van der Waals surface area contributed by atoms with E-state index in [9.17, 15) is 4.79 Å². The Hall–Kier alpha value is -2.20. The first-order valence-electron chi connectivity index (χ1n) is 7.42. The summed E-state index contributed by atoms with van der Waals surface area (Å²) >= 11 is 5.82. The maximum absolute atomic E-state index is 12.1. The van der Waals surface area contributed by atoms with Crippen molar-refractivity contribution in [1.29, 1.82) is 0 Å². The average Bonchev–Trinajstić information content (AvgIpc) is 2.57. The van der Waals surface area contributed by atoms with Crippen molar-refractivity contribution in [3.8, 4) is 11.5 Å². The van der Waals surface area contributed by atoms with E-state index in [0.717, 1.165) is 11.3 Å². The second-order valence-corrected chi connectivity index (χ2v) is 5.50. The number of ether oxygens (including phenoxy) is 2. The molecule has 1 N–H and O–H groups in total. The van der Waals surface area contributed by atoms with Crippen LogP contribution in [0.15, 0.2) is 48.5 Å². The van der Waals surface area contributed by atoms with Gasteiger partial charge in [-0.3, -0.25) is 4.79 Å². The topological polar surface area (TPSA) is 47.6 Å². The van der Waals surface area contributed by atoms with Crippen LogP contribution in [0.25, 0.3) is 0 Å². The number of para-hydroxylation sites is 1. The molecule has 0 spiro atoms. The van der Waals surface area contributed by atoms with Gasteiger partial charge in [-0.05, 0) is 49.2 Å². The number of carbonyl (C=O) groups excluding carboxylic acids is 1. The molecule has 122 valence electrons. The van der Waals surface area contributed by atoms with Gasteiger partial charge in [0.05, 0.1) is 7.11 Å². The summed E-state index contributed by atoms with van der Waals surface area (Å²) in [5.74, 6) is 1.28. The molecule has 1 atom stereocenters. The van der Waals surface area contributed by atoms with Gasteiger partial charge in [-0.25, -0.2) is 0 Å². The molecule has 2 aromatic rings. The lowest BCUT2D eigenvalue weighted by Gasteiger charge is -2.15. The fourth-order valence-electron chi connectivity index (χ4n) is 2.14. The first-order valence-corrected chi connectivity index (χ1v) is 7.80. The fraction of sp³-hybridized carbons (Fsp3) is 0.278. The van der Waals surface area contributed by atoms with E-state index in [4.69, 9.17) is 21.1 Å². The summed E-state index contributed by atoms with van der Waals surface area (Å²) < 4.78 is 10.9. The van der Waals surface area contributed by atoms with E-state index in [1.807, 2.05) is 24.3 Å². The van der Waals surface area contributed by atoms with Gasteiger partial charge in [-0.2, -0.15) is 0 Å². The van der Waals surface area contributed by atoms with Crippen LogP contribution < -0.4 is 14.8 Å². The van der Waals surface area contributed by atoms with E-state index in [0.29, 0.717) is 23.7 Å². The lowest BCUT2D eigenvalue weighted by Crippen LogP contribution is -2.37. The summed E-state index contributed by atoms with van der Waals surface area (Å²) in [5.41, 5.74) is 1.06. The predicted octanol–water partition coefficient (Wildman–Crippen LogP) is 3.47. The van der Waals surface area contributed by atoms with E-state index in [-0.39, 0.29) is 5.91 Å². The first kappa shape index (κ1) is 17.2. The number of amides is 1. The Morgan fingerprint density at radius 1 is 1.17 bits per heavy atom. The molecule has 1 amide bonds. The normalized spacial score (nSPS) is 11.6. The fourth-order valence-corrected chi connectivity index (χ4v) is 2.27. The lowest BCUT2D eigenvalue weighted by molar-refractivity contribution is -0.127. The number of hydrogen-bond donors (Lipinski definition) is 1. The Labute approximate surface area is 141 Å². The largest absolute Gasteiger partial charge is 0.496 e. The molecule has 4 nitrogen and oxygen atoms in total. The predicted molar refractivity (Wildman–Crippen MR) is 91.2 cm³/mol. The van der Waals surface area contributed by atoms with Crippen LogP contribution in [-0.4, -0.2) is 25.7 Å². The minimum absolute atomic E-state index is 0.158. The highest BCUT2D eigenvalue weighted by Gasteiger charge is 2.14. The van der Waals surface area contributed by atoms with Gasteiger partial charge in [0.1, 0.15) is 11.5 Å². The van der Waals surface area contributed by atoms with Gasteiger partial charge in [-0.1, -0.05) is 29.8 Å². The molecular weight excluding hydrogens is 314 g/mol. The Morgan fingerprint density at radius 2 is 1.87 bits per heavy atom. The molecule has 0 fully saturated rings. The van der Waals surface area contributed by atoms with Crippen LogP contribution >= 0.6 is 11.6 Å². The standard InChI is InChI=1S/C18H20ClNO3/c1-13(23-16-9-7-15(19)8-10-16)18(21)20-12-11-14-5-3-4-6-17(14)22-2/h3-10,13H,11-12H2,1-2H3,(H,20,21). The Kier molecular flexibility index (Phi) is 6.29. The maximum atomic E-state index is 12.1. The highest BCUT2D eigenvalue weighted by Crippen LogP contribution is 2.18. The smallest absolute Gasteiger partial charge is 0.260 e. The third-order valence-electron chi connectivity index (χ3n) is 3.38. The SMILES string of the molecule is COc1ccccc1CCNC(=O)C(C)Oc1ccc(Cl)cc1. The molecule has 0 bridgehead atoms. The number of hydrogen-bond acceptors (Lipinski definition) is 3. The molecule has 0 aliphatic rings. The van der Waals surface area contributed by atoms with Crippen molar-refractivity contribution in [3.05, 3.63) is 59.1 Å². The number of benzene rings is 2. The van der Waals surface area contributed by atoms with Crippen molar-refractivity contribution in [3.63, 3.8) is 0 Å². The molecule has 0 saturated heterocycles. The number of nitrogens with one attached hydrogen (secondary N) is 1. The van der Waals surface area contributed by atoms with Crippen molar-refractivity contribution in [1.82, 2.24) is 5.32 Å². The third kappa shape index (κ3) is 5.18. The molecule has 2 rings (SSSR count). The Morgan fingerprint density at radius 3 is 2.57 bits per heavy atom. The molecule has 0 aromatic heterocycles. The van der Waals surface area contributed by atoms with Crippen molar-refractivity contribution in [2.24, 2.45) is 0 Å². The number of methoxy groups -OCH3 is 1. The van der Waals surface area contributed by atoms with Crippen LogP contribution in [0.4, 0.5) is 0 Å². The molecule has 2 aromatic carbocycles. The van der Waals surface area contributed by atoms with Gasteiger partial charge in [0.25, 0.3) is 5.91 Å². The van der Waals surface area contributed by atoms with Gasteiger partial charge in [-0.15, -0.1) is 0 Å². The van der Waals surface area contributed by atoms with E-state index in [2.05, 4.69) is 5.32 Å². The van der Waals surface area contributed by atoms with Crippen LogP contribution in [0.3, 0.4) is 0 Å². The highest BCUT2D eigenvalue weighted by molar-refractivity contribution is 6.30. The second-order valence-electron chi connectivity index (χ2n) is 5.07. The molecule has 23 heavy (non-hydrogen) atoms. The van der Waals surface area contributed by atoms with Gasteiger partial charge in [0.15, 0.2) is 6.10 Å². The van der Waals surface area contributed by atoms with Gasteiger partial charge < -0.3 is 14.8 Å². The second kappa shape index (κ2) is 8.44. The first-order chi connectivity index (χ1) is 11.1. The van der Waals surface area contributed by atoms with Crippen LogP contribution in [-0.2, 0) is 11.2 Å². The van der Waals surface area contributed by atoms with E-state index in [1.54, 1.807) is 38.3 Å². The molecule has 0 aliphatic carbocycles. The van der Waals surface area contributed by atoms with E-state index >= 15 is 0 Å². The van der Waals surface area contributed by atoms with Crippen molar-refractivity contribution in [2.75, 3.05) is 13.7 Å². The summed E-state index contributed by atoms with van der Waals surface area (Å²) in [5, 5.41) is 3.50. The Balaban J connectivity index is 1.81. The maximum Gasteiger partial charge on any atom is 0.260 e. The van der Waals surface area contributed by atoms with Crippen molar-refractivity contribution >= 4 is 17.5 Å². The minimum Gasteiger partial charge on any atom is -0.496 e. The van der Waals surface area contributed by atoms with E-state index < -0.39 is 6.10 Å². The zero-order valence-corrected chi connectivity index (χ0v) is 14.0. The minimum atomic E-state index is -0.575. The molecule has 0 heterocycles. The van der Waals surface area contributed by atoms with E-state index in [1.165, 1.54) is 0 Å². The summed E-state index contributed by atoms with van der Waals surface area (Å²) in [4.78, 5) is 12.1. The van der Waals surface area contributed by atoms with Gasteiger partial charge >= 0.3 is 0 Å². The molecular formula is C18H20ClNO3.